The molecule has 2 aliphatic heterocycles. The molecule has 2 aliphatic carbocycles. The van der Waals surface area contributed by atoms with Crippen molar-refractivity contribution in [1.29, 1.82) is 0 Å². The highest BCUT2D eigenvalue weighted by Crippen LogP contribution is 2.44. The predicted molar refractivity (Wildman–Crippen MR) is 93.3 cm³/mol. The van der Waals surface area contributed by atoms with E-state index in [1.165, 1.54) is 0 Å². The number of hydrogen-bond donors (Lipinski definition) is 1. The molecule has 0 amide bonds. The number of Topliss-reactive ketones (excluding diaryl/α,β-unsaturated/α-hetero) is 3. The van der Waals surface area contributed by atoms with Gasteiger partial charge in [-0.2, -0.15) is 0 Å². The largest absolute Gasteiger partial charge is 0.497 e. The summed E-state index contributed by atoms with van der Waals surface area (Å²) in [7, 11) is 0. The van der Waals surface area contributed by atoms with Crippen molar-refractivity contribution < 1.29 is 19.1 Å². The first kappa shape index (κ1) is 15.3. The smallest absolute Gasteiger partial charge is 0.210 e. The third kappa shape index (κ3) is 2.00. The normalized spacial score (nSPS) is 24.5. The lowest BCUT2D eigenvalue weighted by Crippen LogP contribution is -2.41. The minimum absolute atomic E-state index is 0.0332. The zero-order valence-electron chi connectivity index (χ0n) is 14.1. The number of hydrogen-bond acceptors (Lipinski definition) is 5. The number of ketones is 3. The third-order valence-corrected chi connectivity index (χ3v) is 5.48. The third-order valence-electron chi connectivity index (χ3n) is 5.48. The molecule has 1 aromatic rings. The second-order valence-corrected chi connectivity index (χ2v) is 6.96. The average molecular weight is 347 g/mol. The van der Waals surface area contributed by atoms with Crippen LogP contribution in [0.1, 0.15) is 46.4 Å². The molecule has 0 radical (unpaired) electrons. The lowest BCUT2D eigenvalue weighted by atomic mass is 9.72. The Morgan fingerprint density at radius 1 is 0.962 bits per heavy atom. The lowest BCUT2D eigenvalue weighted by molar-refractivity contribution is -0.116. The van der Waals surface area contributed by atoms with Crippen molar-refractivity contribution in [2.75, 3.05) is 6.61 Å². The molecule has 2 heterocycles. The van der Waals surface area contributed by atoms with Crippen LogP contribution in [0.4, 0.5) is 0 Å². The van der Waals surface area contributed by atoms with Gasteiger partial charge in [-0.25, -0.2) is 0 Å². The number of carbonyl (C=O) groups excluding carboxylic acids is 3. The Kier molecular flexibility index (Phi) is 3.26. The van der Waals surface area contributed by atoms with E-state index in [1.54, 1.807) is 24.3 Å². The van der Waals surface area contributed by atoms with Gasteiger partial charge in [-0.3, -0.25) is 14.4 Å². The average Bonchev–Trinajstić information content (AvgIpc) is 3.19. The molecule has 0 bridgehead atoms. The second kappa shape index (κ2) is 5.53. The number of ether oxygens (including phenoxy) is 1. The summed E-state index contributed by atoms with van der Waals surface area (Å²) in [6.45, 7) is 0.539. The topological polar surface area (TPSA) is 72.5 Å². The van der Waals surface area contributed by atoms with Crippen LogP contribution in [0.15, 0.2) is 58.6 Å². The molecule has 4 aliphatic rings. The highest BCUT2D eigenvalue weighted by Gasteiger charge is 2.46. The first-order valence-corrected chi connectivity index (χ1v) is 8.95. The van der Waals surface area contributed by atoms with Crippen molar-refractivity contribution >= 4 is 17.3 Å². The van der Waals surface area contributed by atoms with Crippen LogP contribution in [-0.4, -0.2) is 24.0 Å². The quantitative estimate of drug-likeness (QED) is 0.846. The molecule has 5 nitrogen and oxygen atoms in total. The molecule has 0 spiro atoms. The van der Waals surface area contributed by atoms with Crippen molar-refractivity contribution in [2.24, 2.45) is 5.92 Å². The van der Waals surface area contributed by atoms with E-state index < -0.39 is 5.92 Å². The van der Waals surface area contributed by atoms with Gasteiger partial charge < -0.3 is 10.1 Å². The number of benzene rings is 1. The molecule has 1 aromatic carbocycles. The Morgan fingerprint density at radius 3 is 2.46 bits per heavy atom. The monoisotopic (exact) mass is 347 g/mol. The molecule has 0 saturated heterocycles. The molecule has 1 N–H and O–H groups in total. The molecule has 0 aromatic heterocycles. The zero-order valence-corrected chi connectivity index (χ0v) is 14.1. The summed E-state index contributed by atoms with van der Waals surface area (Å²) in [5, 5.41) is 3.15. The van der Waals surface area contributed by atoms with Gasteiger partial charge in [0.15, 0.2) is 11.6 Å². The molecule has 130 valence electrons. The first-order valence-electron chi connectivity index (χ1n) is 8.95. The minimum atomic E-state index is -0.568. The number of nitrogens with one attached hydrogen (secondary N) is 1. The fourth-order valence-electron chi connectivity index (χ4n) is 4.34. The molecular formula is C21H17NO4. The van der Waals surface area contributed by atoms with Crippen molar-refractivity contribution in [3.8, 4) is 0 Å². The zero-order chi connectivity index (χ0) is 17.8. The first-order chi connectivity index (χ1) is 12.7. The van der Waals surface area contributed by atoms with Gasteiger partial charge in [-0.05, 0) is 18.9 Å². The molecular weight excluding hydrogens is 330 g/mol. The van der Waals surface area contributed by atoms with E-state index >= 15 is 0 Å². The summed E-state index contributed by atoms with van der Waals surface area (Å²) in [5.74, 6) is -0.299. The maximum atomic E-state index is 13.3. The molecule has 5 heteroatoms. The summed E-state index contributed by atoms with van der Waals surface area (Å²) in [6, 6.07) is 6.86. The van der Waals surface area contributed by atoms with Crippen molar-refractivity contribution in [1.82, 2.24) is 5.32 Å². The van der Waals surface area contributed by atoms with Crippen LogP contribution in [0.5, 0.6) is 0 Å². The molecule has 1 atom stereocenters. The number of carbonyl (C=O) groups is 3. The number of allylic oxidation sites excluding steroid dienone is 3. The summed E-state index contributed by atoms with van der Waals surface area (Å²) in [5.41, 5.74) is 2.84. The van der Waals surface area contributed by atoms with Crippen LogP contribution in [-0.2, 0) is 9.53 Å². The van der Waals surface area contributed by atoms with Crippen LogP contribution in [0.2, 0.25) is 0 Å². The molecule has 5 rings (SSSR count). The second-order valence-electron chi connectivity index (χ2n) is 6.96. The van der Waals surface area contributed by atoms with Gasteiger partial charge in [0.1, 0.15) is 5.76 Å². The fourth-order valence-corrected chi connectivity index (χ4v) is 4.34. The Bertz CT molecular complexity index is 979. The summed E-state index contributed by atoms with van der Waals surface area (Å²) in [6.07, 6.45) is 4.60. The number of dihydropyridines is 1. The van der Waals surface area contributed by atoms with Crippen LogP contribution in [0.3, 0.4) is 0 Å². The Morgan fingerprint density at radius 2 is 1.73 bits per heavy atom. The van der Waals surface area contributed by atoms with Crippen LogP contribution < -0.4 is 5.32 Å². The SMILES string of the molecule is O=C1CCCC2=C1C(C1=CCCO1)C1=C(N2)C(=O)c2ccccc2C1=O. The van der Waals surface area contributed by atoms with Crippen molar-refractivity contribution in [3.63, 3.8) is 0 Å². The minimum Gasteiger partial charge on any atom is -0.497 e. The highest BCUT2D eigenvalue weighted by molar-refractivity contribution is 6.28. The Labute approximate surface area is 150 Å². The van der Waals surface area contributed by atoms with Crippen LogP contribution >= 0.6 is 0 Å². The van der Waals surface area contributed by atoms with E-state index in [4.69, 9.17) is 4.74 Å². The van der Waals surface area contributed by atoms with Gasteiger partial charge in [-0.1, -0.05) is 24.3 Å². The van der Waals surface area contributed by atoms with Gasteiger partial charge in [-0.15, -0.1) is 0 Å². The van der Waals surface area contributed by atoms with E-state index in [1.807, 2.05) is 6.08 Å². The van der Waals surface area contributed by atoms with Crippen molar-refractivity contribution in [3.05, 3.63) is 69.8 Å². The Balaban J connectivity index is 1.74. The van der Waals surface area contributed by atoms with Gasteiger partial charge in [0.25, 0.3) is 0 Å². The number of fused-ring (bicyclic) bond motifs is 1. The van der Waals surface area contributed by atoms with Gasteiger partial charge in [0, 0.05) is 40.8 Å². The van der Waals surface area contributed by atoms with Gasteiger partial charge in [0.2, 0.25) is 5.78 Å². The van der Waals surface area contributed by atoms with Crippen molar-refractivity contribution in [2.45, 2.75) is 25.7 Å². The maximum absolute atomic E-state index is 13.3. The Hall–Kier alpha value is -2.95. The summed E-state index contributed by atoms with van der Waals surface area (Å²) in [4.78, 5) is 39.1. The standard InChI is InChI=1S/C21H17NO4/c23-14-8-3-7-13-16(14)17(15-9-4-10-26-15)18-19(22-13)21(25)12-6-2-1-5-11(12)20(18)24/h1-2,5-6,9,17,22H,3-4,7-8,10H2. The predicted octanol–water partition coefficient (Wildman–Crippen LogP) is 2.85. The van der Waals surface area contributed by atoms with Gasteiger partial charge in [0.05, 0.1) is 18.2 Å². The molecule has 0 saturated carbocycles. The van der Waals surface area contributed by atoms with Crippen LogP contribution in [0.25, 0.3) is 0 Å². The van der Waals surface area contributed by atoms with E-state index in [-0.39, 0.29) is 17.3 Å². The maximum Gasteiger partial charge on any atom is 0.210 e. The van der Waals surface area contributed by atoms with Crippen LogP contribution in [0, 0.1) is 5.92 Å². The molecule has 26 heavy (non-hydrogen) atoms. The summed E-state index contributed by atoms with van der Waals surface area (Å²) < 4.78 is 5.76. The number of rotatable bonds is 1. The molecule has 0 fully saturated rings. The summed E-state index contributed by atoms with van der Waals surface area (Å²) >= 11 is 0. The highest BCUT2D eigenvalue weighted by atomic mass is 16.5. The van der Waals surface area contributed by atoms with E-state index in [0.717, 1.165) is 18.5 Å². The lowest BCUT2D eigenvalue weighted by Gasteiger charge is -2.36. The van der Waals surface area contributed by atoms with E-state index in [2.05, 4.69) is 5.32 Å². The molecule has 1 unspecified atom stereocenters. The van der Waals surface area contributed by atoms with Gasteiger partial charge >= 0.3 is 0 Å². The van der Waals surface area contributed by atoms with E-state index in [0.29, 0.717) is 53.2 Å². The fraction of sp³-hybridized carbons (Fsp3) is 0.286. The van der Waals surface area contributed by atoms with E-state index in [9.17, 15) is 14.4 Å².